The SMILES string of the molecule is CN(C)c1ccc(-n2ccnc2SCCN)cc1. The topological polar surface area (TPSA) is 47.1 Å². The first-order valence-electron chi connectivity index (χ1n) is 5.86. The summed E-state index contributed by atoms with van der Waals surface area (Å²) in [4.78, 5) is 6.43. The Hall–Kier alpha value is -1.46. The third kappa shape index (κ3) is 2.86. The Bertz CT molecular complexity index is 490. The Labute approximate surface area is 112 Å². The van der Waals surface area contributed by atoms with Crippen LogP contribution < -0.4 is 10.6 Å². The lowest BCUT2D eigenvalue weighted by Crippen LogP contribution is -2.08. The van der Waals surface area contributed by atoms with Gasteiger partial charge < -0.3 is 10.6 Å². The van der Waals surface area contributed by atoms with E-state index in [1.165, 1.54) is 5.69 Å². The van der Waals surface area contributed by atoms with Crippen molar-refractivity contribution in [1.29, 1.82) is 0 Å². The Morgan fingerprint density at radius 1 is 1.28 bits per heavy atom. The van der Waals surface area contributed by atoms with Gasteiger partial charge in [-0.1, -0.05) is 11.8 Å². The number of anilines is 1. The number of hydrogen-bond acceptors (Lipinski definition) is 4. The average Bonchev–Trinajstić information content (AvgIpc) is 2.84. The summed E-state index contributed by atoms with van der Waals surface area (Å²) in [5.41, 5.74) is 7.84. The summed E-state index contributed by atoms with van der Waals surface area (Å²) in [6.45, 7) is 0.664. The van der Waals surface area contributed by atoms with Gasteiger partial charge in [0.05, 0.1) is 0 Å². The zero-order valence-corrected chi connectivity index (χ0v) is 11.5. The molecule has 2 rings (SSSR count). The van der Waals surface area contributed by atoms with Crippen LogP contribution in [0.3, 0.4) is 0 Å². The van der Waals surface area contributed by atoms with E-state index in [4.69, 9.17) is 5.73 Å². The van der Waals surface area contributed by atoms with E-state index in [1.54, 1.807) is 11.8 Å². The first-order chi connectivity index (χ1) is 8.72. The summed E-state index contributed by atoms with van der Waals surface area (Å²) in [5.74, 6) is 0.882. The van der Waals surface area contributed by atoms with E-state index in [-0.39, 0.29) is 0 Å². The second kappa shape index (κ2) is 5.93. The molecule has 0 aliphatic heterocycles. The van der Waals surface area contributed by atoms with Crippen LogP contribution in [0, 0.1) is 0 Å². The fourth-order valence-electron chi connectivity index (χ4n) is 1.65. The molecule has 0 aliphatic carbocycles. The van der Waals surface area contributed by atoms with Crippen molar-refractivity contribution in [1.82, 2.24) is 9.55 Å². The molecule has 5 heteroatoms. The Morgan fingerprint density at radius 3 is 2.61 bits per heavy atom. The van der Waals surface area contributed by atoms with Crippen molar-refractivity contribution >= 4 is 17.4 Å². The van der Waals surface area contributed by atoms with E-state index >= 15 is 0 Å². The van der Waals surface area contributed by atoms with Crippen molar-refractivity contribution in [3.8, 4) is 5.69 Å². The lowest BCUT2D eigenvalue weighted by molar-refractivity contribution is 0.893. The van der Waals surface area contributed by atoms with Crippen LogP contribution in [0.5, 0.6) is 0 Å². The molecule has 0 bridgehead atoms. The molecular formula is C13H18N4S. The monoisotopic (exact) mass is 262 g/mol. The number of imidazole rings is 1. The van der Waals surface area contributed by atoms with E-state index in [1.807, 2.05) is 26.5 Å². The number of benzene rings is 1. The summed E-state index contributed by atoms with van der Waals surface area (Å²) in [7, 11) is 4.07. The molecule has 0 saturated heterocycles. The Morgan fingerprint density at radius 2 is 2.00 bits per heavy atom. The van der Waals surface area contributed by atoms with Crippen molar-refractivity contribution in [2.24, 2.45) is 5.73 Å². The lowest BCUT2D eigenvalue weighted by atomic mass is 10.2. The number of hydrogen-bond donors (Lipinski definition) is 1. The molecular weight excluding hydrogens is 244 g/mol. The molecule has 2 aromatic rings. The van der Waals surface area contributed by atoms with Gasteiger partial charge in [-0.3, -0.25) is 4.57 Å². The fourth-order valence-corrected chi connectivity index (χ4v) is 2.40. The second-order valence-corrected chi connectivity index (χ2v) is 5.19. The van der Waals surface area contributed by atoms with Gasteiger partial charge in [-0.25, -0.2) is 4.98 Å². The normalized spacial score (nSPS) is 10.6. The average molecular weight is 262 g/mol. The maximum atomic E-state index is 5.52. The third-order valence-corrected chi connectivity index (χ3v) is 3.60. The third-order valence-electron chi connectivity index (χ3n) is 2.60. The number of thioether (sulfide) groups is 1. The van der Waals surface area contributed by atoms with Crippen molar-refractivity contribution in [2.75, 3.05) is 31.3 Å². The van der Waals surface area contributed by atoms with Gasteiger partial charge in [-0.15, -0.1) is 0 Å². The standard InChI is InChI=1S/C13H18N4S/c1-16(2)11-3-5-12(6-4-11)17-9-8-15-13(17)18-10-7-14/h3-6,8-9H,7,10,14H2,1-2H3. The summed E-state index contributed by atoms with van der Waals surface area (Å²) >= 11 is 1.68. The maximum Gasteiger partial charge on any atom is 0.172 e. The molecule has 0 aliphatic rings. The highest BCUT2D eigenvalue weighted by Gasteiger charge is 2.05. The zero-order valence-electron chi connectivity index (χ0n) is 10.7. The van der Waals surface area contributed by atoms with Gasteiger partial charge in [0.1, 0.15) is 0 Å². The van der Waals surface area contributed by atoms with E-state index in [0.717, 1.165) is 16.6 Å². The fraction of sp³-hybridized carbons (Fsp3) is 0.308. The molecule has 0 fully saturated rings. The van der Waals surface area contributed by atoms with Gasteiger partial charge in [0, 0.05) is 50.2 Å². The summed E-state index contributed by atoms with van der Waals surface area (Å²) in [6.07, 6.45) is 3.79. The second-order valence-electron chi connectivity index (χ2n) is 4.13. The molecule has 96 valence electrons. The van der Waals surface area contributed by atoms with Crippen molar-refractivity contribution < 1.29 is 0 Å². The molecule has 0 atom stereocenters. The smallest absolute Gasteiger partial charge is 0.172 e. The highest BCUT2D eigenvalue weighted by Crippen LogP contribution is 2.21. The molecule has 18 heavy (non-hydrogen) atoms. The summed E-state index contributed by atoms with van der Waals surface area (Å²) in [6, 6.07) is 8.41. The van der Waals surface area contributed by atoms with Crippen molar-refractivity contribution in [3.05, 3.63) is 36.7 Å². The quantitative estimate of drug-likeness (QED) is 0.837. The van der Waals surface area contributed by atoms with E-state index in [9.17, 15) is 0 Å². The molecule has 0 amide bonds. The minimum Gasteiger partial charge on any atom is -0.378 e. The molecule has 1 heterocycles. The highest BCUT2D eigenvalue weighted by atomic mass is 32.2. The van der Waals surface area contributed by atoms with E-state index in [0.29, 0.717) is 6.54 Å². The van der Waals surface area contributed by atoms with Gasteiger partial charge in [0.25, 0.3) is 0 Å². The Kier molecular flexibility index (Phi) is 4.28. The minimum absolute atomic E-state index is 0.664. The molecule has 1 aromatic carbocycles. The number of rotatable bonds is 5. The number of nitrogens with two attached hydrogens (primary N) is 1. The van der Waals surface area contributed by atoms with Crippen LogP contribution in [-0.4, -0.2) is 35.9 Å². The summed E-state index contributed by atoms with van der Waals surface area (Å²) in [5, 5.41) is 0.984. The van der Waals surface area contributed by atoms with Crippen LogP contribution in [0.15, 0.2) is 41.8 Å². The molecule has 2 N–H and O–H groups in total. The van der Waals surface area contributed by atoms with Crippen LogP contribution in [0.25, 0.3) is 5.69 Å². The van der Waals surface area contributed by atoms with Crippen LogP contribution in [0.4, 0.5) is 5.69 Å². The first kappa shape index (κ1) is 13.0. The van der Waals surface area contributed by atoms with Crippen LogP contribution in [-0.2, 0) is 0 Å². The van der Waals surface area contributed by atoms with Gasteiger partial charge in [-0.2, -0.15) is 0 Å². The van der Waals surface area contributed by atoms with Gasteiger partial charge in [0.15, 0.2) is 5.16 Å². The summed E-state index contributed by atoms with van der Waals surface area (Å²) < 4.78 is 2.08. The van der Waals surface area contributed by atoms with Gasteiger partial charge in [-0.05, 0) is 24.3 Å². The largest absolute Gasteiger partial charge is 0.378 e. The molecule has 1 aromatic heterocycles. The minimum atomic E-state index is 0.664. The lowest BCUT2D eigenvalue weighted by Gasteiger charge is -2.13. The van der Waals surface area contributed by atoms with Crippen LogP contribution >= 0.6 is 11.8 Å². The van der Waals surface area contributed by atoms with Crippen LogP contribution in [0.1, 0.15) is 0 Å². The van der Waals surface area contributed by atoms with Crippen molar-refractivity contribution in [3.63, 3.8) is 0 Å². The zero-order chi connectivity index (χ0) is 13.0. The van der Waals surface area contributed by atoms with E-state index < -0.39 is 0 Å². The predicted molar refractivity (Wildman–Crippen MR) is 77.7 cm³/mol. The first-order valence-corrected chi connectivity index (χ1v) is 6.85. The molecule has 0 spiro atoms. The predicted octanol–water partition coefficient (Wildman–Crippen LogP) is 1.99. The highest BCUT2D eigenvalue weighted by molar-refractivity contribution is 7.99. The molecule has 0 saturated carbocycles. The molecule has 4 nitrogen and oxygen atoms in total. The molecule has 0 unspecified atom stereocenters. The molecule has 0 radical (unpaired) electrons. The van der Waals surface area contributed by atoms with Crippen molar-refractivity contribution in [2.45, 2.75) is 5.16 Å². The van der Waals surface area contributed by atoms with Gasteiger partial charge >= 0.3 is 0 Å². The number of nitrogens with zero attached hydrogens (tertiary/aromatic N) is 3. The van der Waals surface area contributed by atoms with E-state index in [2.05, 4.69) is 38.7 Å². The Balaban J connectivity index is 2.23. The maximum absolute atomic E-state index is 5.52. The van der Waals surface area contributed by atoms with Crippen LogP contribution in [0.2, 0.25) is 0 Å². The number of aromatic nitrogens is 2. The van der Waals surface area contributed by atoms with Gasteiger partial charge in [0.2, 0.25) is 0 Å².